The molecule has 6 heteroatoms. The Labute approximate surface area is 148 Å². The molecule has 1 aromatic carbocycles. The highest BCUT2D eigenvalue weighted by Gasteiger charge is 2.27. The van der Waals surface area contributed by atoms with E-state index in [1.54, 1.807) is 18.4 Å². The fourth-order valence-corrected chi connectivity index (χ4v) is 4.74. The van der Waals surface area contributed by atoms with Gasteiger partial charge in [-0.3, -0.25) is 0 Å². The van der Waals surface area contributed by atoms with E-state index >= 15 is 0 Å². The van der Waals surface area contributed by atoms with Crippen molar-refractivity contribution in [1.82, 2.24) is 10.2 Å². The average Bonchev–Trinajstić information content (AvgIpc) is 3.35. The van der Waals surface area contributed by atoms with Crippen LogP contribution in [0, 0.1) is 0 Å². The first-order chi connectivity index (χ1) is 11.8. The molecule has 0 aliphatic carbocycles. The molecule has 4 rings (SSSR count). The summed E-state index contributed by atoms with van der Waals surface area (Å²) in [6, 6.07) is 12.2. The molecule has 0 N–H and O–H groups in total. The van der Waals surface area contributed by atoms with E-state index in [2.05, 4.69) is 39.9 Å². The van der Waals surface area contributed by atoms with Crippen molar-refractivity contribution in [1.29, 1.82) is 0 Å². The van der Waals surface area contributed by atoms with Crippen molar-refractivity contribution >= 4 is 23.1 Å². The van der Waals surface area contributed by atoms with Crippen molar-refractivity contribution in [2.75, 3.05) is 7.11 Å². The van der Waals surface area contributed by atoms with Gasteiger partial charge in [0.15, 0.2) is 0 Å². The lowest BCUT2D eigenvalue weighted by molar-refractivity contribution is 0.414. The van der Waals surface area contributed by atoms with Gasteiger partial charge in [0.25, 0.3) is 0 Å². The minimum Gasteiger partial charge on any atom is -0.497 e. The second kappa shape index (κ2) is 6.83. The molecule has 0 fully saturated rings. The van der Waals surface area contributed by atoms with E-state index in [9.17, 15) is 0 Å². The fraction of sp³-hybridized carbons (Fsp3) is 0.222. The monoisotopic (exact) mass is 356 g/mol. The normalized spacial score (nSPS) is 19.7. The van der Waals surface area contributed by atoms with Gasteiger partial charge in [0.2, 0.25) is 11.8 Å². The number of benzene rings is 1. The van der Waals surface area contributed by atoms with Gasteiger partial charge >= 0.3 is 0 Å². The van der Waals surface area contributed by atoms with Crippen LogP contribution < -0.4 is 4.74 Å². The highest BCUT2D eigenvalue weighted by atomic mass is 32.2. The van der Waals surface area contributed by atoms with Gasteiger partial charge in [-0.1, -0.05) is 30.4 Å². The summed E-state index contributed by atoms with van der Waals surface area (Å²) >= 11 is 3.61. The minimum absolute atomic E-state index is 0.128. The van der Waals surface area contributed by atoms with Crippen molar-refractivity contribution < 1.29 is 9.15 Å². The zero-order valence-electron chi connectivity index (χ0n) is 13.1. The van der Waals surface area contributed by atoms with Crippen LogP contribution in [0.2, 0.25) is 0 Å². The van der Waals surface area contributed by atoms with Crippen LogP contribution in [0.1, 0.15) is 32.7 Å². The molecule has 2 atom stereocenters. The molecule has 0 amide bonds. The molecule has 122 valence electrons. The number of thiophene rings is 1. The molecule has 3 aromatic rings. The third-order valence-electron chi connectivity index (χ3n) is 3.79. The number of hydrogen-bond donors (Lipinski definition) is 0. The summed E-state index contributed by atoms with van der Waals surface area (Å²) in [5, 5.41) is 11.0. The minimum atomic E-state index is 0.128. The Kier molecular flexibility index (Phi) is 4.40. The lowest BCUT2D eigenvalue weighted by Crippen LogP contribution is -1.90. The smallest absolute Gasteiger partial charge is 0.233 e. The Bertz CT molecular complexity index is 842. The third kappa shape index (κ3) is 3.25. The number of aromatic nitrogens is 2. The van der Waals surface area contributed by atoms with E-state index in [-0.39, 0.29) is 5.25 Å². The molecule has 4 nitrogen and oxygen atoms in total. The zero-order chi connectivity index (χ0) is 16.4. The maximum atomic E-state index is 5.88. The maximum Gasteiger partial charge on any atom is 0.233 e. The molecule has 0 radical (unpaired) electrons. The van der Waals surface area contributed by atoms with Crippen molar-refractivity contribution in [3.05, 3.63) is 76.2 Å². The number of rotatable bonds is 5. The Morgan fingerprint density at radius 3 is 2.88 bits per heavy atom. The second-order valence-corrected chi connectivity index (χ2v) is 7.71. The van der Waals surface area contributed by atoms with Crippen molar-refractivity contribution in [2.24, 2.45) is 0 Å². The summed E-state index contributed by atoms with van der Waals surface area (Å²) in [4.78, 5) is 1.36. The van der Waals surface area contributed by atoms with E-state index in [4.69, 9.17) is 9.15 Å². The number of hydrogen-bond acceptors (Lipinski definition) is 6. The van der Waals surface area contributed by atoms with E-state index in [1.807, 2.05) is 36.0 Å². The third-order valence-corrected chi connectivity index (χ3v) is 6.25. The summed E-state index contributed by atoms with van der Waals surface area (Å²) in [5.41, 5.74) is 1.09. The topological polar surface area (TPSA) is 48.2 Å². The first-order valence-corrected chi connectivity index (χ1v) is 9.46. The predicted octanol–water partition coefficient (Wildman–Crippen LogP) is 4.82. The van der Waals surface area contributed by atoms with Gasteiger partial charge in [-0.15, -0.1) is 33.3 Å². The summed E-state index contributed by atoms with van der Waals surface area (Å²) in [5.74, 6) is 2.14. The molecule has 2 aromatic heterocycles. The Morgan fingerprint density at radius 2 is 2.04 bits per heavy atom. The van der Waals surface area contributed by atoms with Gasteiger partial charge in [-0.05, 0) is 29.1 Å². The van der Waals surface area contributed by atoms with Gasteiger partial charge < -0.3 is 9.15 Å². The first-order valence-electron chi connectivity index (χ1n) is 7.64. The maximum absolute atomic E-state index is 5.88. The number of methoxy groups -OCH3 is 1. The SMILES string of the molecule is COc1cccc(Cc2nnc(C3C=CC(c4cccs4)S3)o2)c1. The van der Waals surface area contributed by atoms with Gasteiger partial charge in [0, 0.05) is 4.88 Å². The number of thioether (sulfide) groups is 1. The summed E-state index contributed by atoms with van der Waals surface area (Å²) in [6.45, 7) is 0. The van der Waals surface area contributed by atoms with Crippen molar-refractivity contribution in [3.8, 4) is 5.75 Å². The predicted molar refractivity (Wildman–Crippen MR) is 96.6 cm³/mol. The van der Waals surface area contributed by atoms with Crippen LogP contribution in [0.15, 0.2) is 58.3 Å². The van der Waals surface area contributed by atoms with Crippen molar-refractivity contribution in [3.63, 3.8) is 0 Å². The molecule has 24 heavy (non-hydrogen) atoms. The highest BCUT2D eigenvalue weighted by molar-refractivity contribution is 8.00. The van der Waals surface area contributed by atoms with Crippen LogP contribution in [0.25, 0.3) is 0 Å². The second-order valence-electron chi connectivity index (χ2n) is 5.44. The first kappa shape index (κ1) is 15.5. The highest BCUT2D eigenvalue weighted by Crippen LogP contribution is 2.48. The molecule has 0 spiro atoms. The van der Waals surface area contributed by atoms with Gasteiger partial charge in [-0.25, -0.2) is 0 Å². The van der Waals surface area contributed by atoms with Crippen LogP contribution in [0.4, 0.5) is 0 Å². The molecule has 0 bridgehead atoms. The van der Waals surface area contributed by atoms with Gasteiger partial charge in [-0.2, -0.15) is 0 Å². The fourth-order valence-electron chi connectivity index (χ4n) is 2.62. The number of nitrogens with zero attached hydrogens (tertiary/aromatic N) is 2. The number of ether oxygens (including phenoxy) is 1. The summed E-state index contributed by atoms with van der Waals surface area (Å²) in [7, 11) is 1.66. The Hall–Kier alpha value is -2.05. The lowest BCUT2D eigenvalue weighted by atomic mass is 10.1. The molecule has 0 saturated heterocycles. The standard InChI is InChI=1S/C18H16N2O2S2/c1-21-13-5-2-4-12(10-13)11-17-19-20-18(22-17)16-8-7-15(24-16)14-6-3-9-23-14/h2-10,15-16H,11H2,1H3. The molecule has 0 saturated carbocycles. The molecular weight excluding hydrogens is 340 g/mol. The lowest BCUT2D eigenvalue weighted by Gasteiger charge is -2.06. The van der Waals surface area contributed by atoms with Gasteiger partial charge in [0.05, 0.1) is 18.8 Å². The quantitative estimate of drug-likeness (QED) is 0.614. The molecule has 3 heterocycles. The van der Waals surface area contributed by atoms with Crippen LogP contribution >= 0.6 is 23.1 Å². The molecule has 2 unspecified atom stereocenters. The Morgan fingerprint density at radius 1 is 1.12 bits per heavy atom. The van der Waals surface area contributed by atoms with E-state index in [0.717, 1.165) is 11.3 Å². The van der Waals surface area contributed by atoms with Crippen LogP contribution in [0.3, 0.4) is 0 Å². The molecular formula is C18H16N2O2S2. The molecule has 1 aliphatic heterocycles. The van der Waals surface area contributed by atoms with E-state index in [1.165, 1.54) is 4.88 Å². The van der Waals surface area contributed by atoms with Gasteiger partial charge in [0.1, 0.15) is 11.0 Å². The van der Waals surface area contributed by atoms with Crippen LogP contribution in [0.5, 0.6) is 5.75 Å². The summed E-state index contributed by atoms with van der Waals surface area (Å²) in [6.07, 6.45) is 4.98. The van der Waals surface area contributed by atoms with Crippen LogP contribution in [-0.2, 0) is 6.42 Å². The van der Waals surface area contributed by atoms with E-state index in [0.29, 0.717) is 23.5 Å². The Balaban J connectivity index is 1.44. The zero-order valence-corrected chi connectivity index (χ0v) is 14.7. The van der Waals surface area contributed by atoms with Crippen molar-refractivity contribution in [2.45, 2.75) is 16.9 Å². The van der Waals surface area contributed by atoms with Crippen LogP contribution in [-0.4, -0.2) is 17.3 Å². The molecule has 1 aliphatic rings. The largest absolute Gasteiger partial charge is 0.497 e. The van der Waals surface area contributed by atoms with E-state index < -0.39 is 0 Å². The summed E-state index contributed by atoms with van der Waals surface area (Å²) < 4.78 is 11.1. The average molecular weight is 356 g/mol.